The number of fused-ring (bicyclic) bond motifs is 2. The van der Waals surface area contributed by atoms with Gasteiger partial charge in [0, 0.05) is 0 Å². The molecule has 0 saturated carbocycles. The molecule has 0 aliphatic heterocycles. The molecule has 5 aromatic rings. The van der Waals surface area contributed by atoms with Crippen LogP contribution < -0.4 is 0 Å². The quantitative estimate of drug-likeness (QED) is 0.275. The van der Waals surface area contributed by atoms with Gasteiger partial charge in [-0.3, -0.25) is 0 Å². The molecule has 0 nitrogen and oxygen atoms in total. The third-order valence-corrected chi connectivity index (χ3v) is 4.37. The highest BCUT2D eigenvalue weighted by atomic mass is 32.1. The Morgan fingerprint density at radius 3 is 0.720 bits per heavy atom. The van der Waals surface area contributed by atoms with Crippen molar-refractivity contribution < 1.29 is 0 Å². The van der Waals surface area contributed by atoms with Crippen molar-refractivity contribution in [1.29, 1.82) is 0 Å². The van der Waals surface area contributed by atoms with E-state index in [-0.39, 0.29) is 0 Å². The Labute approximate surface area is 153 Å². The minimum Gasteiger partial charge on any atom is -0.152 e. The molecular formula is C24H20S. The molecule has 0 spiro atoms. The van der Waals surface area contributed by atoms with Gasteiger partial charge in [-0.05, 0) is 32.3 Å². The molecule has 1 heteroatoms. The predicted octanol–water partition coefficient (Wildman–Crippen LogP) is 7.43. The van der Waals surface area contributed by atoms with Gasteiger partial charge in [0.25, 0.3) is 0 Å². The van der Waals surface area contributed by atoms with Crippen LogP contribution in [0.25, 0.3) is 21.5 Å². The van der Waals surface area contributed by atoms with Gasteiger partial charge in [0.1, 0.15) is 0 Å². The molecule has 0 amide bonds. The molecular weight excluding hydrogens is 320 g/mol. The maximum absolute atomic E-state index is 2.12. The van der Waals surface area contributed by atoms with Crippen molar-refractivity contribution in [2.45, 2.75) is 0 Å². The van der Waals surface area contributed by atoms with Crippen LogP contribution in [0.4, 0.5) is 0 Å². The van der Waals surface area contributed by atoms with Crippen molar-refractivity contribution in [2.75, 3.05) is 0 Å². The summed E-state index contributed by atoms with van der Waals surface area (Å²) in [5.74, 6) is 0. The molecule has 0 bridgehead atoms. The van der Waals surface area contributed by atoms with E-state index >= 15 is 0 Å². The highest BCUT2D eigenvalue weighted by Crippen LogP contribution is 2.12. The van der Waals surface area contributed by atoms with Gasteiger partial charge in [-0.1, -0.05) is 109 Å². The minimum atomic E-state index is 1.31. The van der Waals surface area contributed by atoms with E-state index in [1.54, 1.807) is 11.3 Å². The smallest absolute Gasteiger partial charge is 0.00934 e. The minimum absolute atomic E-state index is 1.31. The molecule has 0 N–H and O–H groups in total. The Morgan fingerprint density at radius 2 is 0.560 bits per heavy atom. The van der Waals surface area contributed by atoms with Gasteiger partial charge in [0.2, 0.25) is 0 Å². The second kappa shape index (κ2) is 9.41. The lowest BCUT2D eigenvalue weighted by Crippen LogP contribution is -1.67. The van der Waals surface area contributed by atoms with E-state index in [1.165, 1.54) is 21.5 Å². The van der Waals surface area contributed by atoms with Crippen molar-refractivity contribution >= 4 is 32.9 Å². The molecule has 0 atom stereocenters. The Hall–Kier alpha value is -2.90. The summed E-state index contributed by atoms with van der Waals surface area (Å²) in [6.45, 7) is 0. The molecule has 5 rings (SSSR count). The van der Waals surface area contributed by atoms with Gasteiger partial charge >= 0.3 is 0 Å². The largest absolute Gasteiger partial charge is 0.152 e. The lowest BCUT2D eigenvalue weighted by atomic mass is 10.1. The van der Waals surface area contributed by atoms with Crippen molar-refractivity contribution in [3.05, 3.63) is 120 Å². The maximum Gasteiger partial charge on any atom is -0.00934 e. The van der Waals surface area contributed by atoms with Gasteiger partial charge in [-0.2, -0.15) is 11.3 Å². The number of hydrogen-bond donors (Lipinski definition) is 0. The lowest BCUT2D eigenvalue weighted by molar-refractivity contribution is 1.75. The number of thiophene rings is 1. The Balaban J connectivity index is 0.000000116. The highest BCUT2D eigenvalue weighted by molar-refractivity contribution is 7.07. The molecule has 0 fully saturated rings. The van der Waals surface area contributed by atoms with Gasteiger partial charge < -0.3 is 0 Å². The second-order valence-corrected chi connectivity index (χ2v) is 6.30. The first-order chi connectivity index (χ1) is 12.4. The van der Waals surface area contributed by atoms with E-state index in [2.05, 4.69) is 97.1 Å². The van der Waals surface area contributed by atoms with Crippen LogP contribution >= 0.6 is 11.3 Å². The van der Waals surface area contributed by atoms with Gasteiger partial charge in [-0.15, -0.1) is 0 Å². The summed E-state index contributed by atoms with van der Waals surface area (Å²) in [6, 6.07) is 37.5. The van der Waals surface area contributed by atoms with Crippen LogP contribution in [0.3, 0.4) is 0 Å². The average Bonchev–Trinajstić information content (AvgIpc) is 3.29. The lowest BCUT2D eigenvalue weighted by Gasteiger charge is -1.92. The van der Waals surface area contributed by atoms with Crippen LogP contribution in [0.1, 0.15) is 0 Å². The van der Waals surface area contributed by atoms with Crippen LogP contribution in [0.5, 0.6) is 0 Å². The van der Waals surface area contributed by atoms with Gasteiger partial charge in [0.05, 0.1) is 0 Å². The zero-order chi connectivity index (χ0) is 17.2. The summed E-state index contributed by atoms with van der Waals surface area (Å²) in [7, 11) is 0. The van der Waals surface area contributed by atoms with E-state index in [1.807, 2.05) is 22.9 Å². The molecule has 0 unspecified atom stereocenters. The summed E-state index contributed by atoms with van der Waals surface area (Å²) >= 11 is 1.71. The van der Waals surface area contributed by atoms with Gasteiger partial charge in [0.15, 0.2) is 0 Å². The number of rotatable bonds is 0. The van der Waals surface area contributed by atoms with Crippen LogP contribution in [0, 0.1) is 0 Å². The zero-order valence-electron chi connectivity index (χ0n) is 14.0. The Kier molecular flexibility index (Phi) is 6.38. The number of hydrogen-bond acceptors (Lipinski definition) is 1. The standard InChI is InChI=1S/2C10H8.C4H4S/c2*1-2-6-10-8-4-3-7-9(10)5-1;1-2-4-5-3-1/h2*1-8H;1-4H. The SMILES string of the molecule is c1ccc2ccccc2c1.c1ccc2ccccc2c1.c1ccsc1. The van der Waals surface area contributed by atoms with E-state index in [0.717, 1.165) is 0 Å². The Bertz CT molecular complexity index is 781. The summed E-state index contributed by atoms with van der Waals surface area (Å²) in [5.41, 5.74) is 0. The summed E-state index contributed by atoms with van der Waals surface area (Å²) < 4.78 is 0. The molecule has 0 aliphatic rings. The van der Waals surface area contributed by atoms with Crippen molar-refractivity contribution in [3.8, 4) is 0 Å². The molecule has 0 aliphatic carbocycles. The normalized spacial score (nSPS) is 9.60. The topological polar surface area (TPSA) is 0 Å². The molecule has 122 valence electrons. The summed E-state index contributed by atoms with van der Waals surface area (Å²) in [6.07, 6.45) is 0. The third-order valence-electron chi connectivity index (χ3n) is 3.74. The van der Waals surface area contributed by atoms with Crippen LogP contribution in [-0.4, -0.2) is 0 Å². The fraction of sp³-hybridized carbons (Fsp3) is 0. The fourth-order valence-corrected chi connectivity index (χ4v) is 2.95. The fourth-order valence-electron chi connectivity index (χ4n) is 2.49. The zero-order valence-corrected chi connectivity index (χ0v) is 14.8. The predicted molar refractivity (Wildman–Crippen MR) is 112 cm³/mol. The molecule has 4 aromatic carbocycles. The second-order valence-electron chi connectivity index (χ2n) is 5.49. The van der Waals surface area contributed by atoms with Gasteiger partial charge in [-0.25, -0.2) is 0 Å². The maximum atomic E-state index is 2.12. The first kappa shape index (κ1) is 16.9. The van der Waals surface area contributed by atoms with E-state index in [0.29, 0.717) is 0 Å². The average molecular weight is 340 g/mol. The molecule has 1 aromatic heterocycles. The first-order valence-corrected chi connectivity index (χ1v) is 9.22. The Morgan fingerprint density at radius 1 is 0.320 bits per heavy atom. The van der Waals surface area contributed by atoms with E-state index in [4.69, 9.17) is 0 Å². The monoisotopic (exact) mass is 340 g/mol. The molecule has 0 saturated heterocycles. The molecule has 0 radical (unpaired) electrons. The van der Waals surface area contributed by atoms with Crippen LogP contribution in [-0.2, 0) is 0 Å². The van der Waals surface area contributed by atoms with E-state index < -0.39 is 0 Å². The summed E-state index contributed by atoms with van der Waals surface area (Å²) in [4.78, 5) is 0. The van der Waals surface area contributed by atoms with Crippen molar-refractivity contribution in [1.82, 2.24) is 0 Å². The van der Waals surface area contributed by atoms with Crippen LogP contribution in [0.15, 0.2) is 120 Å². The third kappa shape index (κ3) is 5.30. The highest BCUT2D eigenvalue weighted by Gasteiger charge is 1.86. The van der Waals surface area contributed by atoms with Crippen LogP contribution in [0.2, 0.25) is 0 Å². The van der Waals surface area contributed by atoms with E-state index in [9.17, 15) is 0 Å². The summed E-state index contributed by atoms with van der Waals surface area (Å²) in [5, 5.41) is 9.32. The molecule has 25 heavy (non-hydrogen) atoms. The molecule has 1 heterocycles. The first-order valence-electron chi connectivity index (χ1n) is 8.28. The number of benzene rings is 4. The van der Waals surface area contributed by atoms with Crippen molar-refractivity contribution in [2.24, 2.45) is 0 Å². The van der Waals surface area contributed by atoms with Crippen molar-refractivity contribution in [3.63, 3.8) is 0 Å².